The highest BCUT2D eigenvalue weighted by Crippen LogP contribution is 2.64. The number of aliphatic hydroxyl groups is 1. The molecule has 2 unspecified atom stereocenters. The van der Waals surface area contributed by atoms with E-state index in [9.17, 15) is 15.0 Å². The van der Waals surface area contributed by atoms with Gasteiger partial charge < -0.3 is 19.8 Å². The van der Waals surface area contributed by atoms with E-state index in [1.54, 1.807) is 11.0 Å². The second-order valence-electron chi connectivity index (χ2n) is 12.8. The van der Waals surface area contributed by atoms with E-state index in [2.05, 4.69) is 61.2 Å². The number of likely N-dealkylation sites (N-methyl/N-ethyl adjacent to an activating group) is 1. The van der Waals surface area contributed by atoms with Gasteiger partial charge >= 0.3 is 0 Å². The van der Waals surface area contributed by atoms with Crippen molar-refractivity contribution < 1.29 is 19.7 Å². The molecule has 3 aromatic rings. The zero-order valence-electron chi connectivity index (χ0n) is 24.7. The van der Waals surface area contributed by atoms with Crippen LogP contribution in [-0.2, 0) is 29.5 Å². The predicted molar refractivity (Wildman–Crippen MR) is 163 cm³/mol. The Morgan fingerprint density at radius 2 is 1.86 bits per heavy atom. The number of aromatic hydroxyl groups is 1. The molecule has 1 saturated heterocycles. The molecule has 1 spiro atoms. The summed E-state index contributed by atoms with van der Waals surface area (Å²) in [4.78, 5) is 17.8. The summed E-state index contributed by atoms with van der Waals surface area (Å²) in [5, 5.41) is 23.6. The number of carbonyl (C=O) groups excluding carboxylic acids is 1. The van der Waals surface area contributed by atoms with Crippen molar-refractivity contribution in [3.8, 4) is 11.5 Å². The van der Waals surface area contributed by atoms with Gasteiger partial charge in [0.05, 0.1) is 11.5 Å². The molecule has 0 saturated carbocycles. The number of likely N-dealkylation sites (tertiary alicyclic amines) is 1. The largest absolute Gasteiger partial charge is 0.504 e. The molecule has 2 aliphatic heterocycles. The fourth-order valence-corrected chi connectivity index (χ4v) is 8.24. The number of amides is 1. The molecule has 42 heavy (non-hydrogen) atoms. The number of aryl methyl sites for hydroxylation is 3. The van der Waals surface area contributed by atoms with Gasteiger partial charge in [-0.3, -0.25) is 9.69 Å². The molecular weight excluding hydrogens is 524 g/mol. The first-order valence-corrected chi connectivity index (χ1v) is 15.3. The number of ether oxygens (including phenoxy) is 1. The summed E-state index contributed by atoms with van der Waals surface area (Å²) in [6.45, 7) is 5.87. The highest BCUT2D eigenvalue weighted by atomic mass is 16.5. The third-order valence-corrected chi connectivity index (χ3v) is 10.7. The molecular formula is C36H40N2O4. The van der Waals surface area contributed by atoms with Crippen molar-refractivity contribution in [1.29, 1.82) is 0 Å². The summed E-state index contributed by atoms with van der Waals surface area (Å²) in [6, 6.07) is 20.1. The highest BCUT2D eigenvalue weighted by molar-refractivity contribution is 5.77. The van der Waals surface area contributed by atoms with Crippen molar-refractivity contribution >= 4 is 5.91 Å². The molecule has 2 heterocycles. The Morgan fingerprint density at radius 3 is 2.64 bits per heavy atom. The fourth-order valence-electron chi connectivity index (χ4n) is 8.24. The minimum absolute atomic E-state index is 0.0429. The first-order chi connectivity index (χ1) is 20.2. The molecule has 5 atom stereocenters. The van der Waals surface area contributed by atoms with Crippen LogP contribution in [0, 0.1) is 13.8 Å². The lowest BCUT2D eigenvalue weighted by molar-refractivity contribution is -0.155. The van der Waals surface area contributed by atoms with Gasteiger partial charge in [0, 0.05) is 31.6 Å². The van der Waals surface area contributed by atoms with Crippen LogP contribution < -0.4 is 4.74 Å². The van der Waals surface area contributed by atoms with Crippen LogP contribution in [0.2, 0.25) is 0 Å². The minimum atomic E-state index is -1.17. The van der Waals surface area contributed by atoms with Gasteiger partial charge in [0.25, 0.3) is 0 Å². The van der Waals surface area contributed by atoms with Crippen LogP contribution in [0.15, 0.2) is 72.8 Å². The maximum absolute atomic E-state index is 13.6. The van der Waals surface area contributed by atoms with Crippen LogP contribution in [-0.4, -0.2) is 69.8 Å². The van der Waals surface area contributed by atoms with E-state index in [4.69, 9.17) is 4.74 Å². The van der Waals surface area contributed by atoms with Gasteiger partial charge in [-0.25, -0.2) is 0 Å². The van der Waals surface area contributed by atoms with Crippen molar-refractivity contribution in [2.45, 2.75) is 75.2 Å². The number of carbonyl (C=O) groups is 1. The summed E-state index contributed by atoms with van der Waals surface area (Å²) >= 11 is 0. The Kier molecular flexibility index (Phi) is 6.48. The molecule has 0 radical (unpaired) electrons. The molecule has 6 heteroatoms. The van der Waals surface area contributed by atoms with Gasteiger partial charge in [-0.15, -0.1) is 0 Å². The van der Waals surface area contributed by atoms with Gasteiger partial charge in [0.1, 0.15) is 11.7 Å². The lowest BCUT2D eigenvalue weighted by Gasteiger charge is -2.62. The van der Waals surface area contributed by atoms with Crippen LogP contribution in [0.1, 0.15) is 46.2 Å². The topological polar surface area (TPSA) is 73.2 Å². The third-order valence-electron chi connectivity index (χ3n) is 10.7. The Balaban J connectivity index is 1.20. The molecule has 218 valence electrons. The summed E-state index contributed by atoms with van der Waals surface area (Å²) in [5.41, 5.74) is 5.10. The van der Waals surface area contributed by atoms with Crippen LogP contribution in [0.3, 0.4) is 0 Å². The van der Waals surface area contributed by atoms with E-state index >= 15 is 0 Å². The summed E-state index contributed by atoms with van der Waals surface area (Å²) in [7, 11) is 1.85. The Labute approximate surface area is 248 Å². The molecule has 6 nitrogen and oxygen atoms in total. The van der Waals surface area contributed by atoms with Gasteiger partial charge in [0.15, 0.2) is 11.5 Å². The smallest absolute Gasteiger partial charge is 0.223 e. The van der Waals surface area contributed by atoms with Gasteiger partial charge in [0.2, 0.25) is 5.91 Å². The van der Waals surface area contributed by atoms with Gasteiger partial charge in [-0.05, 0) is 80.0 Å². The van der Waals surface area contributed by atoms with E-state index in [1.165, 1.54) is 16.7 Å². The quantitative estimate of drug-likeness (QED) is 0.409. The minimum Gasteiger partial charge on any atom is -0.504 e. The van der Waals surface area contributed by atoms with Gasteiger partial charge in [-0.1, -0.05) is 66.7 Å². The number of rotatable bonds is 7. The zero-order valence-corrected chi connectivity index (χ0v) is 24.7. The first-order valence-electron chi connectivity index (χ1n) is 15.3. The van der Waals surface area contributed by atoms with Crippen LogP contribution in [0.25, 0.3) is 0 Å². The van der Waals surface area contributed by atoms with Crippen LogP contribution >= 0.6 is 0 Å². The predicted octanol–water partition coefficient (Wildman–Crippen LogP) is 4.64. The number of phenols is 1. The maximum Gasteiger partial charge on any atom is 0.223 e. The highest BCUT2D eigenvalue weighted by Gasteiger charge is 2.72. The average Bonchev–Trinajstić information content (AvgIpc) is 3.34. The first kappa shape index (κ1) is 27.2. The molecule has 1 fully saturated rings. The molecule has 1 amide bonds. The summed E-state index contributed by atoms with van der Waals surface area (Å²) in [5.74, 6) is 0.630. The molecule has 2 aliphatic carbocycles. The number of piperidine rings is 1. The van der Waals surface area contributed by atoms with E-state index < -0.39 is 17.1 Å². The second kappa shape index (κ2) is 9.99. The lowest BCUT2D eigenvalue weighted by Crippen LogP contribution is -2.76. The monoisotopic (exact) mass is 564 g/mol. The SMILES string of the molecule is Cc1ccc(CCC(=O)N(C)C2C=C[C@@]3(O)[C@H]4Cc5ccc(O)c6c5[C@@]3(CCN4CCc3ccccc3)C2O6)cc1C. The van der Waals surface area contributed by atoms with E-state index in [0.717, 1.165) is 36.2 Å². The van der Waals surface area contributed by atoms with E-state index in [1.807, 2.05) is 31.3 Å². The maximum atomic E-state index is 13.6. The standard InChI is InChI=1S/C36H40N2O4/c1-23-9-10-26(21-24(23)2)11-14-31(40)37(3)28-15-17-36(41)30-22-27-12-13-29(39)33-32(27)35(36,34(28)42-33)18-20-38(30)19-16-25-7-5-4-6-8-25/h4-10,12-13,15,17,21,28,30,34,39,41H,11,14,16,18-20,22H2,1-3H3/t28?,30-,34?,35+,36-/m1/s1. The molecule has 0 aromatic heterocycles. The zero-order chi connectivity index (χ0) is 29.2. The Hall–Kier alpha value is -3.61. The number of nitrogens with zero attached hydrogens (tertiary/aromatic N) is 2. The van der Waals surface area contributed by atoms with Crippen molar-refractivity contribution in [3.63, 3.8) is 0 Å². The molecule has 2 bridgehead atoms. The van der Waals surface area contributed by atoms with Gasteiger partial charge in [-0.2, -0.15) is 0 Å². The normalized spacial score (nSPS) is 28.7. The summed E-state index contributed by atoms with van der Waals surface area (Å²) < 4.78 is 6.64. The third kappa shape index (κ3) is 3.95. The second-order valence-corrected chi connectivity index (χ2v) is 12.8. The van der Waals surface area contributed by atoms with Crippen LogP contribution in [0.5, 0.6) is 11.5 Å². The summed E-state index contributed by atoms with van der Waals surface area (Å²) in [6.07, 6.45) is 6.82. The van der Waals surface area contributed by atoms with Crippen molar-refractivity contribution in [2.24, 2.45) is 0 Å². The fraction of sp³-hybridized carbons (Fsp3) is 0.417. The number of phenolic OH excluding ortho intramolecular Hbond substituents is 1. The molecule has 2 N–H and O–H groups in total. The Bertz CT molecular complexity index is 1570. The van der Waals surface area contributed by atoms with Crippen molar-refractivity contribution in [2.75, 3.05) is 20.1 Å². The molecule has 7 rings (SSSR count). The van der Waals surface area contributed by atoms with Crippen molar-refractivity contribution in [1.82, 2.24) is 9.80 Å². The van der Waals surface area contributed by atoms with Crippen LogP contribution in [0.4, 0.5) is 0 Å². The number of hydrogen-bond acceptors (Lipinski definition) is 5. The van der Waals surface area contributed by atoms with E-state index in [0.29, 0.717) is 31.4 Å². The number of hydrogen-bond donors (Lipinski definition) is 2. The average molecular weight is 565 g/mol. The molecule has 4 aliphatic rings. The van der Waals surface area contributed by atoms with E-state index in [-0.39, 0.29) is 23.7 Å². The van der Waals surface area contributed by atoms with Crippen molar-refractivity contribution in [3.05, 3.63) is 106 Å². The Morgan fingerprint density at radius 1 is 1.05 bits per heavy atom. The lowest BCUT2D eigenvalue weighted by atomic mass is 9.50. The molecule has 3 aromatic carbocycles. The number of benzene rings is 3.